The molecule has 3 heterocycles. The second kappa shape index (κ2) is 15.7. The van der Waals surface area contributed by atoms with E-state index in [1.54, 1.807) is 47.4 Å². The summed E-state index contributed by atoms with van der Waals surface area (Å²) in [5.74, 6) is -1.46. The number of hydrogen-bond acceptors (Lipinski definition) is 11. The number of rotatable bonds is 10. The molecule has 0 aromatic heterocycles. The Hall–Kier alpha value is -6.49. The maximum absolute atomic E-state index is 15.0. The number of hydrogen-bond donors (Lipinski definition) is 3. The van der Waals surface area contributed by atoms with Crippen molar-refractivity contribution in [3.8, 4) is 17.6 Å². The zero-order chi connectivity index (χ0) is 39.6. The van der Waals surface area contributed by atoms with E-state index in [4.69, 9.17) is 18.9 Å². The molecular formula is C43H38N2O11. The van der Waals surface area contributed by atoms with Gasteiger partial charge in [-0.1, -0.05) is 90.7 Å². The van der Waals surface area contributed by atoms with Crippen molar-refractivity contribution in [3.63, 3.8) is 0 Å². The first-order valence-electron chi connectivity index (χ1n) is 17.9. The molecule has 6 atom stereocenters. The number of ether oxygens (including phenoxy) is 4. The Morgan fingerprint density at radius 3 is 2.16 bits per heavy atom. The number of anilines is 1. The number of carboxylic acid groups (broad SMARTS) is 1. The number of methoxy groups -OCH3 is 2. The fourth-order valence-electron chi connectivity index (χ4n) is 8.42. The zero-order valence-corrected chi connectivity index (χ0v) is 30.4. The summed E-state index contributed by atoms with van der Waals surface area (Å²) in [5.41, 5.74) is 0.729. The molecule has 4 aromatic carbocycles. The Labute approximate surface area is 322 Å². The molecule has 1 amide bonds. The molecule has 0 radical (unpaired) electrons. The van der Waals surface area contributed by atoms with Crippen LogP contribution in [-0.2, 0) is 43.6 Å². The highest BCUT2D eigenvalue weighted by atomic mass is 16.6. The van der Waals surface area contributed by atoms with Gasteiger partial charge in [0.15, 0.2) is 5.92 Å². The number of nitrogens with one attached hydrogen (secondary N) is 1. The summed E-state index contributed by atoms with van der Waals surface area (Å²) in [6.07, 6.45) is -1.16. The highest BCUT2D eigenvalue weighted by Gasteiger charge is 2.74. The van der Waals surface area contributed by atoms with Gasteiger partial charge >= 0.3 is 23.9 Å². The molecule has 0 bridgehead atoms. The molecule has 0 aliphatic carbocycles. The van der Waals surface area contributed by atoms with Gasteiger partial charge in [-0.2, -0.15) is 0 Å². The van der Waals surface area contributed by atoms with Crippen LogP contribution in [0.3, 0.4) is 0 Å². The van der Waals surface area contributed by atoms with E-state index in [9.17, 15) is 34.2 Å². The maximum atomic E-state index is 15.0. The van der Waals surface area contributed by atoms with Gasteiger partial charge in [0.2, 0.25) is 5.91 Å². The van der Waals surface area contributed by atoms with Crippen molar-refractivity contribution >= 4 is 35.5 Å². The molecule has 3 N–H and O–H groups in total. The van der Waals surface area contributed by atoms with Gasteiger partial charge in [0.1, 0.15) is 35.8 Å². The molecule has 4 aromatic rings. The lowest BCUT2D eigenvalue weighted by Crippen LogP contribution is -2.52. The third-order valence-corrected chi connectivity index (χ3v) is 10.6. The maximum Gasteiger partial charge on any atom is 0.325 e. The molecular weight excluding hydrogens is 720 g/mol. The van der Waals surface area contributed by atoms with Crippen molar-refractivity contribution in [1.82, 2.24) is 4.90 Å². The number of para-hydroxylation sites is 1. The molecule has 13 nitrogen and oxygen atoms in total. The second-order valence-corrected chi connectivity index (χ2v) is 13.5. The van der Waals surface area contributed by atoms with Crippen LogP contribution < -0.4 is 10.1 Å². The van der Waals surface area contributed by atoms with Crippen molar-refractivity contribution < 1.29 is 53.1 Å². The van der Waals surface area contributed by atoms with Crippen LogP contribution in [0.5, 0.6) is 5.75 Å². The predicted molar refractivity (Wildman–Crippen MR) is 199 cm³/mol. The number of carboxylic acids is 1. The highest BCUT2D eigenvalue weighted by Crippen LogP contribution is 2.65. The molecule has 3 aliphatic rings. The predicted octanol–water partition coefficient (Wildman–Crippen LogP) is 4.12. The highest BCUT2D eigenvalue weighted by molar-refractivity contribution is 6.11. The number of cyclic esters (lactones) is 1. The van der Waals surface area contributed by atoms with Crippen LogP contribution in [0.4, 0.5) is 5.69 Å². The van der Waals surface area contributed by atoms with E-state index in [1.165, 1.54) is 0 Å². The molecule has 2 fully saturated rings. The van der Waals surface area contributed by atoms with Gasteiger partial charge in [0.25, 0.3) is 0 Å². The fourth-order valence-corrected chi connectivity index (χ4v) is 8.42. The van der Waals surface area contributed by atoms with E-state index in [0.717, 1.165) is 14.2 Å². The van der Waals surface area contributed by atoms with E-state index < -0.39 is 71.3 Å². The number of aliphatic carboxylic acids is 1. The first-order chi connectivity index (χ1) is 27.2. The summed E-state index contributed by atoms with van der Waals surface area (Å²) in [5, 5.41) is 24.0. The summed E-state index contributed by atoms with van der Waals surface area (Å²) in [6, 6.07) is 26.6. The molecule has 0 saturated carbocycles. The lowest BCUT2D eigenvalue weighted by molar-refractivity contribution is -0.179. The van der Waals surface area contributed by atoms with E-state index in [-0.39, 0.29) is 30.9 Å². The summed E-state index contributed by atoms with van der Waals surface area (Å²) >= 11 is 0. The van der Waals surface area contributed by atoms with Crippen LogP contribution in [0.1, 0.15) is 52.4 Å². The summed E-state index contributed by atoms with van der Waals surface area (Å²) in [6.45, 7) is -0.415. The number of morpholine rings is 1. The first kappa shape index (κ1) is 37.8. The number of aliphatic hydroxyl groups excluding tert-OH is 1. The smallest absolute Gasteiger partial charge is 0.325 e. The Balaban J connectivity index is 1.49. The van der Waals surface area contributed by atoms with E-state index in [2.05, 4.69) is 17.2 Å². The number of carbonyl (C=O) groups is 5. The van der Waals surface area contributed by atoms with Gasteiger partial charge in [-0.15, -0.1) is 0 Å². The van der Waals surface area contributed by atoms with E-state index in [1.807, 2.05) is 60.7 Å². The Kier molecular flexibility index (Phi) is 10.6. The molecule has 286 valence electrons. The topological polar surface area (TPSA) is 178 Å². The number of carbonyl (C=O) groups excluding carboxylic acids is 4. The number of benzene rings is 4. The standard InChI is InChI=1S/C43H38N2O11/c1-53-39(49)29(40(50)54-2)18-11-12-25-20-21-31-30(24-25)43(42(52)44-31)33(38(47)48)35-41(51)56-36(27-15-7-4-8-16-27)34(26-13-5-3-6-14-26)45(35)37(43)28-17-9-10-19-32(28)55-23-22-46/h3-10,13-17,19-21,24,29,33-37,46H,18,22-23H2,1-2H3,(H,44,52)(H,47,48). The molecule has 7 rings (SSSR count). The molecule has 13 heteroatoms. The molecule has 6 unspecified atom stereocenters. The van der Waals surface area contributed by atoms with Crippen molar-refractivity contribution in [2.45, 2.75) is 36.1 Å². The summed E-state index contributed by atoms with van der Waals surface area (Å²) in [4.78, 5) is 69.8. The second-order valence-electron chi connectivity index (χ2n) is 13.5. The average molecular weight is 759 g/mol. The Morgan fingerprint density at radius 1 is 0.875 bits per heavy atom. The monoisotopic (exact) mass is 758 g/mol. The summed E-state index contributed by atoms with van der Waals surface area (Å²) in [7, 11) is 2.29. The number of fused-ring (bicyclic) bond motifs is 3. The van der Waals surface area contributed by atoms with E-state index >= 15 is 0 Å². The quantitative estimate of drug-likeness (QED) is 0.0914. The number of nitrogens with zero attached hydrogens (tertiary/aromatic N) is 1. The Bertz CT molecular complexity index is 2220. The van der Waals surface area contributed by atoms with Gasteiger partial charge in [0.05, 0.1) is 32.9 Å². The Morgan fingerprint density at radius 2 is 1.52 bits per heavy atom. The van der Waals surface area contributed by atoms with Crippen LogP contribution in [0.15, 0.2) is 103 Å². The molecule has 56 heavy (non-hydrogen) atoms. The minimum absolute atomic E-state index is 0.0972. The summed E-state index contributed by atoms with van der Waals surface area (Å²) < 4.78 is 21.8. The normalized spacial score (nSPS) is 23.6. The third kappa shape index (κ3) is 6.32. The van der Waals surface area contributed by atoms with Crippen molar-refractivity contribution in [2.75, 3.05) is 32.8 Å². The molecule has 1 spiro atoms. The van der Waals surface area contributed by atoms with E-state index in [0.29, 0.717) is 27.9 Å². The van der Waals surface area contributed by atoms with Crippen LogP contribution in [0, 0.1) is 23.7 Å². The number of aliphatic hydroxyl groups is 1. The van der Waals surface area contributed by atoms with Gasteiger partial charge < -0.3 is 34.5 Å². The minimum Gasteiger partial charge on any atom is -0.491 e. The van der Waals surface area contributed by atoms with Crippen LogP contribution >= 0.6 is 0 Å². The SMILES string of the molecule is COC(=O)C(CC#Cc1ccc2c(c1)C1(C(=O)N2)C(C(=O)O)C2C(=O)OC(c3ccccc3)C(c3ccccc3)N2C1c1ccccc1OCCO)C(=O)OC. The van der Waals surface area contributed by atoms with Crippen LogP contribution in [-0.4, -0.2) is 78.4 Å². The largest absolute Gasteiger partial charge is 0.491 e. The number of esters is 3. The van der Waals surface area contributed by atoms with Crippen molar-refractivity contribution in [2.24, 2.45) is 11.8 Å². The average Bonchev–Trinajstić information content (AvgIpc) is 3.70. The number of amides is 1. The lowest BCUT2D eigenvalue weighted by atomic mass is 9.65. The van der Waals surface area contributed by atoms with Gasteiger partial charge in [-0.05, 0) is 41.0 Å². The van der Waals surface area contributed by atoms with Gasteiger partial charge in [-0.25, -0.2) is 0 Å². The van der Waals surface area contributed by atoms with Gasteiger partial charge in [-0.3, -0.25) is 28.9 Å². The zero-order valence-electron chi connectivity index (χ0n) is 30.4. The molecule has 2 saturated heterocycles. The first-order valence-corrected chi connectivity index (χ1v) is 17.9. The third-order valence-electron chi connectivity index (χ3n) is 10.6. The molecule has 3 aliphatic heterocycles. The minimum atomic E-state index is -1.99. The lowest BCUT2D eigenvalue weighted by Gasteiger charge is -2.46. The van der Waals surface area contributed by atoms with Crippen molar-refractivity contribution in [3.05, 3.63) is 131 Å². The fraction of sp³-hybridized carbons (Fsp3) is 0.279. The van der Waals surface area contributed by atoms with Gasteiger partial charge in [0, 0.05) is 23.2 Å². The van der Waals surface area contributed by atoms with Crippen molar-refractivity contribution in [1.29, 1.82) is 0 Å². The van der Waals surface area contributed by atoms with Crippen LogP contribution in [0.25, 0.3) is 0 Å². The van der Waals surface area contributed by atoms with Crippen LogP contribution in [0.2, 0.25) is 0 Å².